The molecule has 0 aliphatic rings. The van der Waals surface area contributed by atoms with Crippen molar-refractivity contribution in [2.24, 2.45) is 0 Å². The molecular formula is C15H24N2. The van der Waals surface area contributed by atoms with Crippen molar-refractivity contribution in [2.45, 2.75) is 19.4 Å². The van der Waals surface area contributed by atoms with Gasteiger partial charge in [-0.1, -0.05) is 36.9 Å². The van der Waals surface area contributed by atoms with Crippen LogP contribution in [0.3, 0.4) is 0 Å². The Balaban J connectivity index is 2.40. The molecule has 0 radical (unpaired) electrons. The van der Waals surface area contributed by atoms with Crippen LogP contribution in [-0.2, 0) is 0 Å². The number of nitrogens with zero attached hydrogens (tertiary/aromatic N) is 1. The highest BCUT2D eigenvalue weighted by Crippen LogP contribution is 2.12. The highest BCUT2D eigenvalue weighted by atomic mass is 15.2. The summed E-state index contributed by atoms with van der Waals surface area (Å²) in [5, 5.41) is 3.46. The van der Waals surface area contributed by atoms with E-state index >= 15 is 0 Å². The molecule has 0 saturated carbocycles. The summed E-state index contributed by atoms with van der Waals surface area (Å²) in [6.07, 6.45) is 0. The van der Waals surface area contributed by atoms with E-state index < -0.39 is 0 Å². The van der Waals surface area contributed by atoms with Crippen LogP contribution >= 0.6 is 0 Å². The zero-order valence-corrected chi connectivity index (χ0v) is 11.5. The summed E-state index contributed by atoms with van der Waals surface area (Å²) in [4.78, 5) is 2.23. The topological polar surface area (TPSA) is 15.3 Å². The van der Waals surface area contributed by atoms with Gasteiger partial charge in [0.2, 0.25) is 0 Å². The minimum absolute atomic E-state index is 0.164. The summed E-state index contributed by atoms with van der Waals surface area (Å²) >= 11 is 0. The van der Waals surface area contributed by atoms with Crippen molar-refractivity contribution >= 4 is 5.57 Å². The summed E-state index contributed by atoms with van der Waals surface area (Å²) in [5.74, 6) is 0. The normalized spacial score (nSPS) is 11.8. The third-order valence-corrected chi connectivity index (χ3v) is 3.29. The molecule has 0 atom stereocenters. The van der Waals surface area contributed by atoms with E-state index in [-0.39, 0.29) is 5.54 Å². The molecule has 0 fully saturated rings. The zero-order valence-electron chi connectivity index (χ0n) is 11.5. The number of nitrogens with one attached hydrogen (secondary N) is 1. The number of hydrogen-bond acceptors (Lipinski definition) is 2. The largest absolute Gasteiger partial charge is 0.311 e. The van der Waals surface area contributed by atoms with E-state index in [2.05, 4.69) is 56.9 Å². The van der Waals surface area contributed by atoms with Crippen molar-refractivity contribution in [1.82, 2.24) is 10.2 Å². The first-order valence-corrected chi connectivity index (χ1v) is 6.05. The summed E-state index contributed by atoms with van der Waals surface area (Å²) in [6, 6.07) is 10.3. The molecular weight excluding hydrogens is 208 g/mol. The highest BCUT2D eigenvalue weighted by Gasteiger charge is 2.19. The average Bonchev–Trinajstić information content (AvgIpc) is 2.29. The van der Waals surface area contributed by atoms with Crippen LogP contribution in [-0.4, -0.2) is 37.6 Å². The molecule has 1 aromatic rings. The van der Waals surface area contributed by atoms with Crippen molar-refractivity contribution < 1.29 is 0 Å². The average molecular weight is 232 g/mol. The van der Waals surface area contributed by atoms with Gasteiger partial charge in [0.05, 0.1) is 0 Å². The van der Waals surface area contributed by atoms with Gasteiger partial charge in [0.1, 0.15) is 0 Å². The van der Waals surface area contributed by atoms with Gasteiger partial charge in [0.25, 0.3) is 0 Å². The van der Waals surface area contributed by atoms with Crippen LogP contribution in [0.1, 0.15) is 19.4 Å². The molecule has 17 heavy (non-hydrogen) atoms. The number of hydrogen-bond donors (Lipinski definition) is 1. The second-order valence-electron chi connectivity index (χ2n) is 5.28. The highest BCUT2D eigenvalue weighted by molar-refractivity contribution is 5.64. The Labute approximate surface area is 105 Å². The molecule has 0 spiro atoms. The molecule has 1 rings (SSSR count). The molecule has 0 bridgehead atoms. The van der Waals surface area contributed by atoms with E-state index in [1.807, 2.05) is 18.2 Å². The van der Waals surface area contributed by atoms with Gasteiger partial charge in [-0.05, 0) is 39.1 Å². The van der Waals surface area contributed by atoms with Crippen molar-refractivity contribution in [2.75, 3.05) is 27.2 Å². The van der Waals surface area contributed by atoms with Crippen LogP contribution in [0.2, 0.25) is 0 Å². The molecule has 2 nitrogen and oxygen atoms in total. The first kappa shape index (κ1) is 13.9. The Morgan fingerprint density at radius 1 is 1.24 bits per heavy atom. The number of benzene rings is 1. The third-order valence-electron chi connectivity index (χ3n) is 3.29. The van der Waals surface area contributed by atoms with Gasteiger partial charge in [-0.25, -0.2) is 0 Å². The lowest BCUT2D eigenvalue weighted by molar-refractivity contribution is 0.192. The van der Waals surface area contributed by atoms with E-state index in [4.69, 9.17) is 0 Å². The van der Waals surface area contributed by atoms with Crippen molar-refractivity contribution in [3.63, 3.8) is 0 Å². The summed E-state index contributed by atoms with van der Waals surface area (Å²) < 4.78 is 0. The third kappa shape index (κ3) is 4.33. The smallest absolute Gasteiger partial charge is 0.0271 e. The zero-order chi connectivity index (χ0) is 12.9. The standard InChI is InChI=1S/C15H24N2/c1-13(14-9-7-6-8-10-14)11-16-12-15(2,3)17(4)5/h6-10,16H,1,11-12H2,2-5H3. The molecule has 0 saturated heterocycles. The summed E-state index contributed by atoms with van der Waals surface area (Å²) in [7, 11) is 4.21. The molecule has 0 aliphatic carbocycles. The molecule has 2 heteroatoms. The second kappa shape index (κ2) is 5.99. The first-order chi connectivity index (χ1) is 7.93. The Kier molecular flexibility index (Phi) is 4.91. The van der Waals surface area contributed by atoms with Crippen LogP contribution < -0.4 is 5.32 Å². The predicted molar refractivity (Wildman–Crippen MR) is 76.1 cm³/mol. The lowest BCUT2D eigenvalue weighted by Crippen LogP contribution is -2.46. The number of rotatable bonds is 6. The molecule has 0 amide bonds. The fourth-order valence-corrected chi connectivity index (χ4v) is 1.45. The summed E-state index contributed by atoms with van der Waals surface area (Å²) in [6.45, 7) is 10.4. The van der Waals surface area contributed by atoms with Crippen molar-refractivity contribution in [3.8, 4) is 0 Å². The molecule has 1 aromatic carbocycles. The van der Waals surface area contributed by atoms with Gasteiger partial charge in [-0.2, -0.15) is 0 Å². The second-order valence-corrected chi connectivity index (χ2v) is 5.28. The maximum Gasteiger partial charge on any atom is 0.0271 e. The van der Waals surface area contributed by atoms with Gasteiger partial charge >= 0.3 is 0 Å². The fraction of sp³-hybridized carbons (Fsp3) is 0.467. The quantitative estimate of drug-likeness (QED) is 0.811. The van der Waals surface area contributed by atoms with E-state index in [9.17, 15) is 0 Å². The first-order valence-electron chi connectivity index (χ1n) is 6.05. The SMILES string of the molecule is C=C(CNCC(C)(C)N(C)C)c1ccccc1. The lowest BCUT2D eigenvalue weighted by Gasteiger charge is -2.32. The van der Waals surface area contributed by atoms with Gasteiger partial charge in [0, 0.05) is 18.6 Å². The van der Waals surface area contributed by atoms with Gasteiger partial charge in [-0.15, -0.1) is 0 Å². The van der Waals surface area contributed by atoms with E-state index in [1.54, 1.807) is 0 Å². The summed E-state index contributed by atoms with van der Waals surface area (Å²) in [5.41, 5.74) is 2.51. The van der Waals surface area contributed by atoms with Crippen LogP contribution in [0.25, 0.3) is 5.57 Å². The molecule has 94 valence electrons. The van der Waals surface area contributed by atoms with E-state index in [0.29, 0.717) is 0 Å². The minimum atomic E-state index is 0.164. The van der Waals surface area contributed by atoms with Gasteiger partial charge < -0.3 is 10.2 Å². The maximum atomic E-state index is 4.11. The monoisotopic (exact) mass is 232 g/mol. The number of likely N-dealkylation sites (N-methyl/N-ethyl adjacent to an activating group) is 1. The predicted octanol–water partition coefficient (Wildman–Crippen LogP) is 2.63. The minimum Gasteiger partial charge on any atom is -0.311 e. The Morgan fingerprint density at radius 3 is 2.35 bits per heavy atom. The molecule has 1 N–H and O–H groups in total. The van der Waals surface area contributed by atoms with Crippen LogP contribution in [0, 0.1) is 0 Å². The van der Waals surface area contributed by atoms with E-state index in [0.717, 1.165) is 18.7 Å². The van der Waals surface area contributed by atoms with Crippen molar-refractivity contribution in [3.05, 3.63) is 42.5 Å². The van der Waals surface area contributed by atoms with Crippen LogP contribution in [0.15, 0.2) is 36.9 Å². The van der Waals surface area contributed by atoms with Crippen LogP contribution in [0.5, 0.6) is 0 Å². The molecule has 0 heterocycles. The van der Waals surface area contributed by atoms with E-state index in [1.165, 1.54) is 5.56 Å². The van der Waals surface area contributed by atoms with Crippen molar-refractivity contribution in [1.29, 1.82) is 0 Å². The Hall–Kier alpha value is -1.12. The van der Waals surface area contributed by atoms with Gasteiger partial charge in [-0.3, -0.25) is 0 Å². The molecule has 0 unspecified atom stereocenters. The molecule has 0 aromatic heterocycles. The Morgan fingerprint density at radius 2 is 1.82 bits per heavy atom. The fourth-order valence-electron chi connectivity index (χ4n) is 1.45. The maximum absolute atomic E-state index is 4.11. The molecule has 0 aliphatic heterocycles. The lowest BCUT2D eigenvalue weighted by atomic mass is 10.0. The Bertz CT molecular complexity index is 352. The van der Waals surface area contributed by atoms with Gasteiger partial charge in [0.15, 0.2) is 0 Å². The van der Waals surface area contributed by atoms with Crippen LogP contribution in [0.4, 0.5) is 0 Å².